The Kier molecular flexibility index (Phi) is 3.79. The predicted molar refractivity (Wildman–Crippen MR) is 61.4 cm³/mol. The summed E-state index contributed by atoms with van der Waals surface area (Å²) < 4.78 is 38.1. The van der Waals surface area contributed by atoms with Gasteiger partial charge in [-0.05, 0) is 32.0 Å². The van der Waals surface area contributed by atoms with Gasteiger partial charge in [0.15, 0.2) is 0 Å². The molecule has 5 nitrogen and oxygen atoms in total. The molecule has 0 bridgehead atoms. The predicted octanol–water partition coefficient (Wildman–Crippen LogP) is 0.640. The van der Waals surface area contributed by atoms with E-state index in [9.17, 15) is 18.0 Å². The fraction of sp³-hybridized carbons (Fsp3) is 0.636. The van der Waals surface area contributed by atoms with Crippen molar-refractivity contribution >= 4 is 5.91 Å². The molecule has 106 valence electrons. The summed E-state index contributed by atoms with van der Waals surface area (Å²) in [4.78, 5) is 12.2. The van der Waals surface area contributed by atoms with Crippen molar-refractivity contribution in [1.82, 2.24) is 20.4 Å². The Balaban J connectivity index is 2.16. The highest BCUT2D eigenvalue weighted by atomic mass is 19.4. The molecule has 8 heteroatoms. The normalized spacial score (nSPS) is 19.1. The molecule has 1 aliphatic rings. The van der Waals surface area contributed by atoms with E-state index in [0.717, 1.165) is 0 Å². The first-order valence-electron chi connectivity index (χ1n) is 6.00. The van der Waals surface area contributed by atoms with E-state index in [1.54, 1.807) is 12.3 Å². The largest absolute Gasteiger partial charge is 0.405 e. The number of alkyl halides is 3. The highest BCUT2D eigenvalue weighted by molar-refractivity contribution is 5.84. The van der Waals surface area contributed by atoms with Crippen LogP contribution < -0.4 is 10.6 Å². The molecule has 0 aromatic carbocycles. The zero-order valence-corrected chi connectivity index (χ0v) is 10.2. The Morgan fingerprint density at radius 2 is 2.11 bits per heavy atom. The molecule has 2 N–H and O–H groups in total. The van der Waals surface area contributed by atoms with Gasteiger partial charge in [-0.1, -0.05) is 0 Å². The van der Waals surface area contributed by atoms with Crippen molar-refractivity contribution in [3.63, 3.8) is 0 Å². The first-order valence-corrected chi connectivity index (χ1v) is 6.00. The molecule has 0 spiro atoms. The van der Waals surface area contributed by atoms with Gasteiger partial charge in [-0.15, -0.1) is 0 Å². The van der Waals surface area contributed by atoms with Crippen molar-refractivity contribution in [2.45, 2.75) is 24.6 Å². The van der Waals surface area contributed by atoms with E-state index in [2.05, 4.69) is 10.4 Å². The van der Waals surface area contributed by atoms with Crippen LogP contribution in [0.4, 0.5) is 13.2 Å². The summed E-state index contributed by atoms with van der Waals surface area (Å²) in [6, 6.07) is 1.65. The van der Waals surface area contributed by atoms with Crippen LogP contribution in [-0.2, 0) is 10.3 Å². The van der Waals surface area contributed by atoms with Crippen molar-refractivity contribution in [2.75, 3.05) is 19.6 Å². The van der Waals surface area contributed by atoms with E-state index in [-0.39, 0.29) is 0 Å². The van der Waals surface area contributed by atoms with E-state index in [4.69, 9.17) is 0 Å². The molecular formula is C11H15F3N4O. The topological polar surface area (TPSA) is 59.0 Å². The molecule has 19 heavy (non-hydrogen) atoms. The van der Waals surface area contributed by atoms with Crippen molar-refractivity contribution in [3.8, 4) is 0 Å². The molecule has 1 aliphatic heterocycles. The van der Waals surface area contributed by atoms with Gasteiger partial charge in [-0.3, -0.25) is 9.48 Å². The first-order chi connectivity index (χ1) is 8.94. The Labute approximate surface area is 108 Å². The molecule has 0 unspecified atom stereocenters. The van der Waals surface area contributed by atoms with Gasteiger partial charge in [0.1, 0.15) is 12.1 Å². The lowest BCUT2D eigenvalue weighted by Crippen LogP contribution is -2.55. The van der Waals surface area contributed by atoms with Crippen LogP contribution in [0.25, 0.3) is 0 Å². The fourth-order valence-corrected chi connectivity index (χ4v) is 2.27. The van der Waals surface area contributed by atoms with Crippen LogP contribution >= 0.6 is 0 Å². The average Bonchev–Trinajstić information content (AvgIpc) is 2.90. The Morgan fingerprint density at radius 3 is 2.63 bits per heavy atom. The second kappa shape index (κ2) is 5.20. The van der Waals surface area contributed by atoms with Crippen LogP contribution in [0, 0.1) is 0 Å². The first kappa shape index (κ1) is 13.9. The molecule has 1 aromatic rings. The van der Waals surface area contributed by atoms with Gasteiger partial charge in [-0.25, -0.2) is 0 Å². The number of hydrogen-bond acceptors (Lipinski definition) is 3. The molecular weight excluding hydrogens is 261 g/mol. The second-order valence-corrected chi connectivity index (χ2v) is 4.53. The summed E-state index contributed by atoms with van der Waals surface area (Å²) in [7, 11) is 0. The van der Waals surface area contributed by atoms with E-state index in [0.29, 0.717) is 25.9 Å². The van der Waals surface area contributed by atoms with Crippen molar-refractivity contribution in [2.24, 2.45) is 0 Å². The summed E-state index contributed by atoms with van der Waals surface area (Å²) in [6.45, 7) is -0.180. The second-order valence-electron chi connectivity index (χ2n) is 4.53. The van der Waals surface area contributed by atoms with Crippen LogP contribution in [0.3, 0.4) is 0 Å². The minimum Gasteiger partial charge on any atom is -0.345 e. The van der Waals surface area contributed by atoms with Gasteiger partial charge in [0, 0.05) is 12.4 Å². The number of carbonyl (C=O) groups excluding carboxylic acids is 1. The van der Waals surface area contributed by atoms with Crippen LogP contribution in [0.15, 0.2) is 18.5 Å². The van der Waals surface area contributed by atoms with Crippen molar-refractivity contribution < 1.29 is 18.0 Å². The molecule has 0 aliphatic carbocycles. The molecule has 1 amide bonds. The van der Waals surface area contributed by atoms with Crippen LogP contribution in [0.5, 0.6) is 0 Å². The molecule has 1 saturated heterocycles. The van der Waals surface area contributed by atoms with Crippen LogP contribution in [-0.4, -0.2) is 41.5 Å². The molecule has 2 rings (SSSR count). The highest BCUT2D eigenvalue weighted by Crippen LogP contribution is 2.27. The van der Waals surface area contributed by atoms with Gasteiger partial charge in [0.25, 0.3) is 0 Å². The van der Waals surface area contributed by atoms with Crippen LogP contribution in [0.2, 0.25) is 0 Å². The fourth-order valence-electron chi connectivity index (χ4n) is 2.27. The number of nitrogens with zero attached hydrogens (tertiary/aromatic N) is 2. The van der Waals surface area contributed by atoms with Crippen molar-refractivity contribution in [3.05, 3.63) is 18.5 Å². The Morgan fingerprint density at radius 1 is 1.42 bits per heavy atom. The lowest BCUT2D eigenvalue weighted by atomic mass is 9.87. The van der Waals surface area contributed by atoms with Gasteiger partial charge < -0.3 is 10.6 Å². The quantitative estimate of drug-likeness (QED) is 0.852. The maximum absolute atomic E-state index is 12.2. The van der Waals surface area contributed by atoms with Gasteiger partial charge in [-0.2, -0.15) is 18.3 Å². The lowest BCUT2D eigenvalue weighted by molar-refractivity contribution is -0.145. The number of hydrogen-bond donors (Lipinski definition) is 2. The van der Waals surface area contributed by atoms with Crippen LogP contribution in [0.1, 0.15) is 12.8 Å². The van der Waals surface area contributed by atoms with Gasteiger partial charge in [0.2, 0.25) is 5.91 Å². The molecule has 1 aromatic heterocycles. The Hall–Kier alpha value is -1.57. The number of halogens is 3. The maximum Gasteiger partial charge on any atom is 0.405 e. The molecule has 0 saturated carbocycles. The van der Waals surface area contributed by atoms with E-state index < -0.39 is 24.2 Å². The minimum atomic E-state index is -4.41. The third-order valence-electron chi connectivity index (χ3n) is 3.25. The summed E-state index contributed by atoms with van der Waals surface area (Å²) in [5.41, 5.74) is -1.03. The lowest BCUT2D eigenvalue weighted by Gasteiger charge is -2.36. The van der Waals surface area contributed by atoms with E-state index >= 15 is 0 Å². The van der Waals surface area contributed by atoms with Crippen molar-refractivity contribution in [1.29, 1.82) is 0 Å². The highest BCUT2D eigenvalue weighted by Gasteiger charge is 2.43. The molecule has 1 fully saturated rings. The Bertz CT molecular complexity index is 424. The van der Waals surface area contributed by atoms with Gasteiger partial charge in [0.05, 0.1) is 0 Å². The van der Waals surface area contributed by atoms with E-state index in [1.165, 1.54) is 10.9 Å². The van der Waals surface area contributed by atoms with E-state index in [1.807, 2.05) is 5.32 Å². The SMILES string of the molecule is O=C(NCC(F)(F)F)C1(n2cccn2)CCNCC1. The number of carbonyl (C=O) groups is 1. The maximum atomic E-state index is 12.2. The molecule has 0 radical (unpaired) electrons. The van der Waals surface area contributed by atoms with Gasteiger partial charge >= 0.3 is 6.18 Å². The summed E-state index contributed by atoms with van der Waals surface area (Å²) >= 11 is 0. The number of aromatic nitrogens is 2. The molecule has 0 atom stereocenters. The number of rotatable bonds is 3. The molecule has 2 heterocycles. The summed E-state index contributed by atoms with van der Waals surface area (Å²) in [5, 5.41) is 9.08. The third-order valence-corrected chi connectivity index (χ3v) is 3.25. The minimum absolute atomic E-state index is 0.415. The standard InChI is InChI=1S/C11H15F3N4O/c12-11(13,14)8-16-9(19)10(2-5-15-6-3-10)18-7-1-4-17-18/h1,4,7,15H,2-3,5-6,8H2,(H,16,19). The smallest absolute Gasteiger partial charge is 0.345 e. The monoisotopic (exact) mass is 276 g/mol. The number of piperidine rings is 1. The zero-order chi connectivity index (χ0) is 13.9. The summed E-state index contributed by atoms with van der Waals surface area (Å²) in [6.07, 6.45) is -0.454. The zero-order valence-electron chi connectivity index (χ0n) is 10.2. The summed E-state index contributed by atoms with van der Waals surface area (Å²) in [5.74, 6) is -0.630. The number of nitrogens with one attached hydrogen (secondary N) is 2. The third kappa shape index (κ3) is 3.06. The number of amides is 1. The average molecular weight is 276 g/mol.